The molecule has 10 aromatic carbocycles. The van der Waals surface area contributed by atoms with Gasteiger partial charge in [-0.1, -0.05) is 182 Å². The van der Waals surface area contributed by atoms with Gasteiger partial charge in [-0.15, -0.1) is 22.1 Å². The van der Waals surface area contributed by atoms with E-state index in [2.05, 4.69) is 184 Å². The maximum absolute atomic E-state index is 12.5. The molecule has 96 heavy (non-hydrogen) atoms. The number of anilines is 9. The van der Waals surface area contributed by atoms with E-state index in [1.165, 1.54) is 18.2 Å². The Kier molecular flexibility index (Phi) is 17.0. The molecule has 0 spiro atoms. The summed E-state index contributed by atoms with van der Waals surface area (Å²) >= 11 is 0. The third-order valence-electron chi connectivity index (χ3n) is 16.8. The molecule has 13 aromatic rings. The first-order valence-corrected chi connectivity index (χ1v) is 31.0. The fourth-order valence-electron chi connectivity index (χ4n) is 12.4. The fourth-order valence-corrected chi connectivity index (χ4v) is 12.4. The molecule has 5 heterocycles. The van der Waals surface area contributed by atoms with Crippen LogP contribution >= 0.6 is 0 Å². The Hall–Kier alpha value is -12.7. The van der Waals surface area contributed by atoms with Crippen LogP contribution in [-0.2, 0) is 19.5 Å². The molecule has 0 aliphatic carbocycles. The summed E-state index contributed by atoms with van der Waals surface area (Å²) in [6.07, 6.45) is 7.98. The van der Waals surface area contributed by atoms with Crippen LogP contribution in [0.1, 0.15) is 54.6 Å². The minimum atomic E-state index is -1.38. The SMILES string of the molecule is O=C(O)c1ccc(C#Cc2c3nc(c(-c4ccc(N(c5ccccc5)c5ccccc5)cc4)c4ccc([n-]4)c(-c4ccc(N(c5ccccc5)c5ccccc5)cc4)c4nc(c(-c5ccc(N(c6ccccc6)c6ccccc6)cc5)c5ccc2[n-]5)C=C4)C=C3)cc1C(=O)O.[Zn+2]. The smallest absolute Gasteiger partial charge is 0.657 e. The molecule has 3 aromatic heterocycles. The molecule has 0 unspecified atom stereocenters. The summed E-state index contributed by atoms with van der Waals surface area (Å²) in [5.74, 6) is 3.78. The predicted molar refractivity (Wildman–Crippen MR) is 383 cm³/mol. The van der Waals surface area contributed by atoms with Gasteiger partial charge in [0.2, 0.25) is 0 Å². The standard InChI is InChI=1S/C84H57N7O4.Zn/c92-83(93)69-45-31-56(55-71(69)84(94)95)32-46-70-72-47-49-74(85-72)80(57-33-39-66(40-34-57)89(60-19-7-1-8-20-60)61-21-9-2-10-22-61)76-51-53-78(87-76)82(59-37-43-68(44-38-59)91(64-27-15-5-16-28-64)65-29-17-6-18-30-65)79-54-52-77(88-79)81(75-50-48-73(70)86-75)58-35-41-67(42-36-58)90(62-23-11-3-12-24-62)63-25-13-4-14-26-63;/h1-31,33-45,47-55H,(H4,85,86,87,88,92,93,94,95);/q;+2/p-2. The molecule has 0 radical (unpaired) electrons. The monoisotopic (exact) mass is 1290 g/mol. The van der Waals surface area contributed by atoms with Gasteiger partial charge in [-0.05, 0) is 185 Å². The molecule has 8 bridgehead atoms. The number of aromatic carboxylic acids is 2. The summed E-state index contributed by atoms with van der Waals surface area (Å²) < 4.78 is 0. The van der Waals surface area contributed by atoms with Gasteiger partial charge in [0.15, 0.2) is 0 Å². The van der Waals surface area contributed by atoms with Crippen LogP contribution in [0, 0.1) is 11.8 Å². The molecule has 2 N–H and O–H groups in total. The first-order chi connectivity index (χ1) is 46.8. The zero-order valence-electron chi connectivity index (χ0n) is 51.6. The van der Waals surface area contributed by atoms with Crippen LogP contribution in [0.25, 0.3) is 79.8 Å². The molecule has 0 amide bonds. The van der Waals surface area contributed by atoms with Crippen molar-refractivity contribution < 1.29 is 39.3 Å². The van der Waals surface area contributed by atoms with Crippen LogP contribution < -0.4 is 24.7 Å². The second-order valence-electron chi connectivity index (χ2n) is 22.6. The number of rotatable bonds is 14. The molecule has 0 fully saturated rings. The first-order valence-electron chi connectivity index (χ1n) is 31.0. The Morgan fingerprint density at radius 3 is 0.906 bits per heavy atom. The second-order valence-corrected chi connectivity index (χ2v) is 22.6. The van der Waals surface area contributed by atoms with Crippen LogP contribution in [0.15, 0.2) is 297 Å². The van der Waals surface area contributed by atoms with E-state index in [1.54, 1.807) is 0 Å². The van der Waals surface area contributed by atoms with Crippen molar-refractivity contribution in [1.82, 2.24) is 19.9 Å². The van der Waals surface area contributed by atoms with Crippen LogP contribution in [0.4, 0.5) is 51.2 Å². The molecular formula is C84H55N7O4Zn. The Labute approximate surface area is 567 Å². The number of carboxylic acids is 2. The third-order valence-corrected chi connectivity index (χ3v) is 16.8. The maximum Gasteiger partial charge on any atom is 2.00 e. The van der Waals surface area contributed by atoms with Crippen molar-refractivity contribution in [2.75, 3.05) is 14.7 Å². The van der Waals surface area contributed by atoms with Gasteiger partial charge in [-0.25, -0.2) is 19.6 Å². The van der Waals surface area contributed by atoms with Crippen LogP contribution in [0.3, 0.4) is 0 Å². The van der Waals surface area contributed by atoms with Gasteiger partial charge in [-0.3, -0.25) is 0 Å². The van der Waals surface area contributed by atoms with Gasteiger partial charge in [0.1, 0.15) is 0 Å². The minimum Gasteiger partial charge on any atom is -0.657 e. The van der Waals surface area contributed by atoms with Crippen molar-refractivity contribution in [1.29, 1.82) is 0 Å². The Balaban J connectivity index is 0.00000792. The van der Waals surface area contributed by atoms with Crippen LogP contribution in [0.5, 0.6) is 0 Å². The van der Waals surface area contributed by atoms with Crippen LogP contribution in [0.2, 0.25) is 0 Å². The van der Waals surface area contributed by atoms with E-state index < -0.39 is 11.9 Å². The third kappa shape index (κ3) is 12.2. The Morgan fingerprint density at radius 1 is 0.302 bits per heavy atom. The summed E-state index contributed by atoms with van der Waals surface area (Å²) in [5.41, 5.74) is 18.9. The van der Waals surface area contributed by atoms with Crippen LogP contribution in [-0.4, -0.2) is 32.1 Å². The van der Waals surface area contributed by atoms with Crippen molar-refractivity contribution in [3.8, 4) is 45.2 Å². The number of nitrogens with zero attached hydrogens (tertiary/aromatic N) is 7. The van der Waals surface area contributed by atoms with Gasteiger partial charge >= 0.3 is 31.4 Å². The average molecular weight is 1290 g/mol. The summed E-state index contributed by atoms with van der Waals surface area (Å²) in [5, 5.41) is 20.1. The number of carboxylic acid groups (broad SMARTS) is 2. The first kappa shape index (κ1) is 60.9. The quantitative estimate of drug-likeness (QED) is 0.0795. The largest absolute Gasteiger partial charge is 2.00 e. The van der Waals surface area contributed by atoms with Crippen molar-refractivity contribution in [3.63, 3.8) is 0 Å². The van der Waals surface area contributed by atoms with E-state index >= 15 is 0 Å². The van der Waals surface area contributed by atoms with E-state index in [9.17, 15) is 19.8 Å². The molecule has 2 aliphatic rings. The van der Waals surface area contributed by atoms with Crippen molar-refractivity contribution >= 4 is 109 Å². The van der Waals surface area contributed by atoms with E-state index in [4.69, 9.17) is 19.9 Å². The number of benzene rings is 10. The van der Waals surface area contributed by atoms with Gasteiger partial charge in [0, 0.05) is 62.3 Å². The predicted octanol–water partition coefficient (Wildman–Crippen LogP) is 20.1. The molecule has 12 heteroatoms. The van der Waals surface area contributed by atoms with E-state index in [0.29, 0.717) is 56.0 Å². The summed E-state index contributed by atoms with van der Waals surface area (Å²) in [7, 11) is 0. The number of fused-ring (bicyclic) bond motifs is 8. The van der Waals surface area contributed by atoms with E-state index in [-0.39, 0.29) is 30.6 Å². The van der Waals surface area contributed by atoms with Gasteiger partial charge in [0.05, 0.1) is 33.9 Å². The molecule has 15 rings (SSSR count). The molecule has 0 saturated heterocycles. The summed E-state index contributed by atoms with van der Waals surface area (Å²) in [4.78, 5) is 53.4. The zero-order valence-corrected chi connectivity index (χ0v) is 54.6. The number of hydrogen-bond donors (Lipinski definition) is 2. The summed E-state index contributed by atoms with van der Waals surface area (Å²) in [6.45, 7) is 0. The molecule has 11 nitrogen and oxygen atoms in total. The molecular weight excluding hydrogens is 1240 g/mol. The molecule has 0 saturated carbocycles. The van der Waals surface area contributed by atoms with Crippen molar-refractivity contribution in [2.24, 2.45) is 0 Å². The zero-order chi connectivity index (χ0) is 64.2. The number of carbonyl (C=O) groups is 2. The molecule has 2 aliphatic heterocycles. The topological polar surface area (TPSA) is 138 Å². The Bertz CT molecular complexity index is 5100. The molecule has 452 valence electrons. The Morgan fingerprint density at radius 2 is 0.583 bits per heavy atom. The van der Waals surface area contributed by atoms with Gasteiger partial charge in [-0.2, -0.15) is 0 Å². The number of para-hydroxylation sites is 6. The second kappa shape index (κ2) is 26.9. The van der Waals surface area contributed by atoms with E-state index in [0.717, 1.165) is 84.6 Å². The average Bonchev–Trinajstić information content (AvgIpc) is 1.43. The fraction of sp³-hybridized carbons (Fsp3) is 0. The maximum atomic E-state index is 12.5. The molecule has 0 atom stereocenters. The number of hydrogen-bond acceptors (Lipinski definition) is 7. The van der Waals surface area contributed by atoms with E-state index in [1.807, 2.05) is 146 Å². The van der Waals surface area contributed by atoms with Crippen molar-refractivity contribution in [2.45, 2.75) is 0 Å². The number of aromatic nitrogens is 4. The normalized spacial score (nSPS) is 11.2. The minimum absolute atomic E-state index is 0. The summed E-state index contributed by atoms with van der Waals surface area (Å²) in [6, 6.07) is 99.3. The van der Waals surface area contributed by atoms with Crippen molar-refractivity contribution in [3.05, 3.63) is 342 Å². The van der Waals surface area contributed by atoms with Gasteiger partial charge < -0.3 is 34.9 Å². The van der Waals surface area contributed by atoms with Gasteiger partial charge in [0.25, 0.3) is 0 Å².